The van der Waals surface area contributed by atoms with Crippen molar-refractivity contribution in [3.8, 4) is 6.07 Å². The number of hydrogen-bond acceptors (Lipinski definition) is 3. The average molecular weight is 235 g/mol. The van der Waals surface area contributed by atoms with Crippen LogP contribution in [0.4, 0.5) is 0 Å². The van der Waals surface area contributed by atoms with Gasteiger partial charge in [0.05, 0.1) is 6.07 Å². The second-order valence-corrected chi connectivity index (χ2v) is 5.72. The van der Waals surface area contributed by atoms with Crippen molar-refractivity contribution < 1.29 is 4.79 Å². The molecule has 0 unspecified atom stereocenters. The van der Waals surface area contributed by atoms with Crippen LogP contribution in [0.5, 0.6) is 0 Å². The van der Waals surface area contributed by atoms with Gasteiger partial charge in [-0.25, -0.2) is 0 Å². The van der Waals surface area contributed by atoms with Gasteiger partial charge in [0.15, 0.2) is 0 Å². The molecule has 1 aliphatic carbocycles. The fourth-order valence-electron chi connectivity index (χ4n) is 2.84. The highest BCUT2D eigenvalue weighted by molar-refractivity contribution is 5.73. The van der Waals surface area contributed by atoms with Gasteiger partial charge < -0.3 is 10.6 Å². The molecule has 0 spiro atoms. The highest BCUT2D eigenvalue weighted by Gasteiger charge is 2.43. The van der Waals surface area contributed by atoms with Crippen LogP contribution in [0.25, 0.3) is 0 Å². The molecule has 2 rings (SSSR count). The zero-order valence-corrected chi connectivity index (χ0v) is 10.3. The molecule has 1 saturated heterocycles. The van der Waals surface area contributed by atoms with Gasteiger partial charge in [0.2, 0.25) is 5.91 Å². The van der Waals surface area contributed by atoms with Gasteiger partial charge in [-0.15, -0.1) is 0 Å². The Morgan fingerprint density at radius 3 is 2.53 bits per heavy atom. The second kappa shape index (κ2) is 5.05. The summed E-state index contributed by atoms with van der Waals surface area (Å²) in [5.74, 6) is 0.307. The number of nitrogens with zero attached hydrogens (tertiary/aromatic N) is 2. The van der Waals surface area contributed by atoms with E-state index in [-0.39, 0.29) is 5.91 Å². The standard InChI is InChI=1S/C13H21N3O/c14-6-5-13(3-4-13)10-16-7-1-11(2-8-16)9-12(15)17/h11H,1-5,7-10H2,(H2,15,17). The van der Waals surface area contributed by atoms with Crippen molar-refractivity contribution in [3.63, 3.8) is 0 Å². The van der Waals surface area contributed by atoms with E-state index >= 15 is 0 Å². The highest BCUT2D eigenvalue weighted by Crippen LogP contribution is 2.49. The maximum Gasteiger partial charge on any atom is 0.217 e. The molecule has 0 bridgehead atoms. The molecule has 4 heteroatoms. The first kappa shape index (κ1) is 12.4. The Kier molecular flexibility index (Phi) is 3.68. The molecular formula is C13H21N3O. The smallest absolute Gasteiger partial charge is 0.217 e. The number of piperidine rings is 1. The summed E-state index contributed by atoms with van der Waals surface area (Å²) in [7, 11) is 0. The van der Waals surface area contributed by atoms with Crippen LogP contribution in [0.3, 0.4) is 0 Å². The molecule has 94 valence electrons. The summed E-state index contributed by atoms with van der Waals surface area (Å²) in [6.45, 7) is 3.19. The van der Waals surface area contributed by atoms with E-state index in [1.807, 2.05) is 0 Å². The fraction of sp³-hybridized carbons (Fsp3) is 0.846. The van der Waals surface area contributed by atoms with E-state index in [1.165, 1.54) is 12.8 Å². The van der Waals surface area contributed by atoms with E-state index in [1.54, 1.807) is 0 Å². The van der Waals surface area contributed by atoms with E-state index in [4.69, 9.17) is 11.0 Å². The molecule has 2 aliphatic rings. The Hall–Kier alpha value is -1.08. The second-order valence-electron chi connectivity index (χ2n) is 5.72. The Bertz CT molecular complexity index is 322. The van der Waals surface area contributed by atoms with Crippen molar-refractivity contribution in [3.05, 3.63) is 0 Å². The maximum atomic E-state index is 10.8. The summed E-state index contributed by atoms with van der Waals surface area (Å²) in [5.41, 5.74) is 5.53. The minimum absolute atomic E-state index is 0.174. The number of nitrogens with two attached hydrogens (primary N) is 1. The number of likely N-dealkylation sites (tertiary alicyclic amines) is 1. The number of rotatable bonds is 5. The summed E-state index contributed by atoms with van der Waals surface area (Å²) in [6, 6.07) is 2.31. The van der Waals surface area contributed by atoms with Crippen molar-refractivity contribution in [1.82, 2.24) is 4.90 Å². The normalized spacial score (nSPS) is 24.2. The van der Waals surface area contributed by atoms with E-state index in [0.717, 1.165) is 32.5 Å². The number of carbonyl (C=O) groups is 1. The number of carbonyl (C=O) groups excluding carboxylic acids is 1. The first-order valence-corrected chi connectivity index (χ1v) is 6.51. The van der Waals surface area contributed by atoms with Gasteiger partial charge in [-0.05, 0) is 50.1 Å². The fourth-order valence-corrected chi connectivity index (χ4v) is 2.84. The third-order valence-electron chi connectivity index (χ3n) is 4.17. The molecule has 17 heavy (non-hydrogen) atoms. The molecule has 4 nitrogen and oxygen atoms in total. The predicted octanol–water partition coefficient (Wildman–Crippen LogP) is 1.27. The summed E-state index contributed by atoms with van der Waals surface area (Å²) in [5, 5.41) is 8.79. The lowest BCUT2D eigenvalue weighted by Crippen LogP contribution is -2.38. The van der Waals surface area contributed by atoms with Crippen molar-refractivity contribution in [2.24, 2.45) is 17.1 Å². The molecular weight excluding hydrogens is 214 g/mol. The third-order valence-corrected chi connectivity index (χ3v) is 4.17. The van der Waals surface area contributed by atoms with Crippen molar-refractivity contribution in [2.75, 3.05) is 19.6 Å². The number of nitriles is 1. The molecule has 2 N–H and O–H groups in total. The van der Waals surface area contributed by atoms with E-state index in [2.05, 4.69) is 11.0 Å². The summed E-state index contributed by atoms with van der Waals surface area (Å²) >= 11 is 0. The Labute approximate surface area is 103 Å². The molecule has 0 atom stereocenters. The monoisotopic (exact) mass is 235 g/mol. The van der Waals surface area contributed by atoms with Crippen LogP contribution in [0.15, 0.2) is 0 Å². The van der Waals surface area contributed by atoms with Crippen LogP contribution in [-0.4, -0.2) is 30.4 Å². The highest BCUT2D eigenvalue weighted by atomic mass is 16.1. The lowest BCUT2D eigenvalue weighted by Gasteiger charge is -2.33. The van der Waals surface area contributed by atoms with Gasteiger partial charge in [0.25, 0.3) is 0 Å². The van der Waals surface area contributed by atoms with E-state index in [9.17, 15) is 4.79 Å². The van der Waals surface area contributed by atoms with E-state index in [0.29, 0.717) is 24.2 Å². The zero-order chi connectivity index (χ0) is 12.3. The van der Waals surface area contributed by atoms with E-state index < -0.39 is 0 Å². The Balaban J connectivity index is 1.73. The topological polar surface area (TPSA) is 70.1 Å². The molecule has 0 aromatic heterocycles. The van der Waals surface area contributed by atoms with Crippen LogP contribution >= 0.6 is 0 Å². The zero-order valence-electron chi connectivity index (χ0n) is 10.3. The molecule has 0 radical (unpaired) electrons. The molecule has 1 aliphatic heterocycles. The minimum atomic E-state index is -0.174. The number of hydrogen-bond donors (Lipinski definition) is 1. The van der Waals surface area contributed by atoms with Gasteiger partial charge >= 0.3 is 0 Å². The minimum Gasteiger partial charge on any atom is -0.370 e. The van der Waals surface area contributed by atoms with Crippen LogP contribution < -0.4 is 5.73 Å². The van der Waals surface area contributed by atoms with Crippen LogP contribution in [0.2, 0.25) is 0 Å². The van der Waals surface area contributed by atoms with Gasteiger partial charge in [0, 0.05) is 19.4 Å². The van der Waals surface area contributed by atoms with Crippen molar-refractivity contribution in [2.45, 2.75) is 38.5 Å². The molecule has 1 amide bonds. The maximum absolute atomic E-state index is 10.8. The average Bonchev–Trinajstić information content (AvgIpc) is 3.01. The summed E-state index contributed by atoms with van der Waals surface area (Å²) in [6.07, 6.45) is 5.81. The van der Waals surface area contributed by atoms with Gasteiger partial charge in [0.1, 0.15) is 0 Å². The predicted molar refractivity (Wildman–Crippen MR) is 64.9 cm³/mol. The number of amides is 1. The van der Waals surface area contributed by atoms with Crippen LogP contribution in [-0.2, 0) is 4.79 Å². The lowest BCUT2D eigenvalue weighted by molar-refractivity contribution is -0.119. The van der Waals surface area contributed by atoms with Crippen LogP contribution in [0, 0.1) is 22.7 Å². The first-order chi connectivity index (χ1) is 8.13. The Morgan fingerprint density at radius 1 is 1.41 bits per heavy atom. The first-order valence-electron chi connectivity index (χ1n) is 6.51. The Morgan fingerprint density at radius 2 is 2.06 bits per heavy atom. The molecule has 2 fully saturated rings. The summed E-state index contributed by atoms with van der Waals surface area (Å²) < 4.78 is 0. The largest absolute Gasteiger partial charge is 0.370 e. The van der Waals surface area contributed by atoms with Crippen molar-refractivity contribution in [1.29, 1.82) is 5.26 Å². The van der Waals surface area contributed by atoms with Gasteiger partial charge in [-0.1, -0.05) is 0 Å². The van der Waals surface area contributed by atoms with Crippen LogP contribution in [0.1, 0.15) is 38.5 Å². The molecule has 1 saturated carbocycles. The molecule has 1 heterocycles. The van der Waals surface area contributed by atoms with Gasteiger partial charge in [-0.3, -0.25) is 4.79 Å². The third kappa shape index (κ3) is 3.44. The molecule has 0 aromatic carbocycles. The lowest BCUT2D eigenvalue weighted by atomic mass is 9.92. The number of primary amides is 1. The van der Waals surface area contributed by atoms with Gasteiger partial charge in [-0.2, -0.15) is 5.26 Å². The quantitative estimate of drug-likeness (QED) is 0.780. The SMILES string of the molecule is N#CCC1(CN2CCC(CC(N)=O)CC2)CC1. The molecule has 0 aromatic rings. The summed E-state index contributed by atoms with van der Waals surface area (Å²) in [4.78, 5) is 13.3. The van der Waals surface area contributed by atoms with Crippen molar-refractivity contribution >= 4 is 5.91 Å².